The summed E-state index contributed by atoms with van der Waals surface area (Å²) in [4.78, 5) is 22.2. The van der Waals surface area contributed by atoms with Gasteiger partial charge in [-0.25, -0.2) is 18.4 Å². The highest BCUT2D eigenvalue weighted by Crippen LogP contribution is 2.40. The largest absolute Gasteiger partial charge is 0.443 e. The molecule has 212 valence electrons. The van der Waals surface area contributed by atoms with Crippen LogP contribution in [0.4, 0.5) is 5.82 Å². The molecule has 2 heterocycles. The lowest BCUT2D eigenvalue weighted by molar-refractivity contribution is 0.0966. The van der Waals surface area contributed by atoms with Gasteiger partial charge in [-0.3, -0.25) is 9.52 Å². The summed E-state index contributed by atoms with van der Waals surface area (Å²) in [6, 6.07) is 9.73. The Labute approximate surface area is 238 Å². The number of halogens is 1. The number of oxazole rings is 1. The molecule has 0 bridgehead atoms. The average molecular weight is 590 g/mol. The smallest absolute Gasteiger partial charge is 0.263 e. The molecule has 0 radical (unpaired) electrons. The Kier molecular flexibility index (Phi) is 9.19. The maximum Gasteiger partial charge on any atom is 0.263 e. The average Bonchev–Trinajstić information content (AvgIpc) is 3.30. The van der Waals surface area contributed by atoms with Gasteiger partial charge in [-0.15, -0.1) is 0 Å². The monoisotopic (exact) mass is 589 g/mol. The first-order valence-electron chi connectivity index (χ1n) is 13.3. The Morgan fingerprint density at radius 3 is 2.05 bits per heavy atom. The number of carbonyl (C=O) groups is 1. The van der Waals surface area contributed by atoms with Crippen molar-refractivity contribution in [3.05, 3.63) is 64.6 Å². The second-order valence-electron chi connectivity index (χ2n) is 12.0. The van der Waals surface area contributed by atoms with Crippen LogP contribution in [-0.4, -0.2) is 32.2 Å². The molecule has 0 unspecified atom stereocenters. The van der Waals surface area contributed by atoms with E-state index in [0.717, 1.165) is 5.56 Å². The van der Waals surface area contributed by atoms with Crippen molar-refractivity contribution >= 4 is 46.8 Å². The standard InChI is InChI=1S/C29H40ClN3O4SSi/c1-18(2)39(19(3)4,20(5)6)28-31-17-26(37-28)25(34)16-24-23(30)14-15-27(32-24)33-38(35,36)22-12-10-21(11-13-22)29(7,8)9/h10-15,17-20H,16H2,1-9H3,(H,32,33). The maximum absolute atomic E-state index is 13.2. The lowest BCUT2D eigenvalue weighted by atomic mass is 9.87. The lowest BCUT2D eigenvalue weighted by Gasteiger charge is -2.39. The van der Waals surface area contributed by atoms with E-state index in [9.17, 15) is 13.2 Å². The second kappa shape index (κ2) is 11.5. The Hall–Kier alpha value is -2.49. The number of Topliss-reactive ketones (excluding diaryl/α,β-unsaturated/α-hetero) is 1. The molecule has 10 heteroatoms. The summed E-state index contributed by atoms with van der Waals surface area (Å²) in [6.07, 6.45) is 1.34. The van der Waals surface area contributed by atoms with Gasteiger partial charge in [-0.1, -0.05) is 86.0 Å². The first-order valence-corrected chi connectivity index (χ1v) is 17.4. The second-order valence-corrected chi connectivity index (χ2v) is 19.9. The van der Waals surface area contributed by atoms with Gasteiger partial charge in [-0.05, 0) is 51.9 Å². The van der Waals surface area contributed by atoms with E-state index in [4.69, 9.17) is 16.0 Å². The molecule has 0 atom stereocenters. The van der Waals surface area contributed by atoms with Crippen molar-refractivity contribution in [1.82, 2.24) is 9.97 Å². The van der Waals surface area contributed by atoms with Crippen LogP contribution in [0, 0.1) is 0 Å². The molecule has 0 spiro atoms. The number of sulfonamides is 1. The Bertz CT molecular complexity index is 1400. The van der Waals surface area contributed by atoms with Gasteiger partial charge < -0.3 is 4.42 Å². The molecule has 0 saturated carbocycles. The molecule has 0 aliphatic heterocycles. The number of aromatic nitrogens is 2. The van der Waals surface area contributed by atoms with E-state index in [0.29, 0.717) is 22.1 Å². The van der Waals surface area contributed by atoms with Crippen LogP contribution in [0.25, 0.3) is 0 Å². The predicted molar refractivity (Wildman–Crippen MR) is 160 cm³/mol. The Morgan fingerprint density at radius 1 is 0.974 bits per heavy atom. The molecule has 0 saturated heterocycles. The van der Waals surface area contributed by atoms with E-state index in [1.54, 1.807) is 24.3 Å². The molecule has 3 aromatic rings. The molecule has 0 amide bonds. The van der Waals surface area contributed by atoms with Gasteiger partial charge in [0.15, 0.2) is 19.3 Å². The first-order chi connectivity index (χ1) is 18.0. The fourth-order valence-corrected chi connectivity index (χ4v) is 12.8. The number of benzene rings is 1. The van der Waals surface area contributed by atoms with Gasteiger partial charge in [0.25, 0.3) is 10.0 Å². The van der Waals surface area contributed by atoms with Crippen molar-refractivity contribution in [2.24, 2.45) is 0 Å². The van der Waals surface area contributed by atoms with E-state index in [-0.39, 0.29) is 44.8 Å². The molecule has 39 heavy (non-hydrogen) atoms. The number of carbonyl (C=O) groups excluding carboxylic acids is 1. The zero-order valence-electron chi connectivity index (χ0n) is 24.3. The predicted octanol–water partition coefficient (Wildman–Crippen LogP) is 7.13. The van der Waals surface area contributed by atoms with E-state index in [1.165, 1.54) is 18.3 Å². The van der Waals surface area contributed by atoms with Crippen molar-refractivity contribution < 1.29 is 17.6 Å². The van der Waals surface area contributed by atoms with Crippen LogP contribution in [0.2, 0.25) is 21.6 Å². The number of anilines is 1. The van der Waals surface area contributed by atoms with Gasteiger partial charge in [0.05, 0.1) is 28.2 Å². The van der Waals surface area contributed by atoms with Crippen molar-refractivity contribution in [3.8, 4) is 0 Å². The quantitative estimate of drug-likeness (QED) is 0.199. The van der Waals surface area contributed by atoms with Crippen LogP contribution in [0.3, 0.4) is 0 Å². The van der Waals surface area contributed by atoms with E-state index in [2.05, 4.69) is 77.0 Å². The normalized spacial score (nSPS) is 12.9. The number of hydrogen-bond acceptors (Lipinski definition) is 6. The van der Waals surface area contributed by atoms with Crippen molar-refractivity contribution in [3.63, 3.8) is 0 Å². The third kappa shape index (κ3) is 6.47. The Balaban J connectivity index is 1.84. The van der Waals surface area contributed by atoms with E-state index in [1.807, 2.05) is 0 Å². The van der Waals surface area contributed by atoms with Crippen LogP contribution in [-0.2, 0) is 21.9 Å². The van der Waals surface area contributed by atoms with Crippen molar-refractivity contribution in [2.75, 3.05) is 4.72 Å². The SMILES string of the molecule is CC(C)[Si](c1ncc(C(=O)Cc2nc(NS(=O)(=O)c3ccc(C(C)(C)C)cc3)ccc2Cl)o1)(C(C)C)C(C)C. The van der Waals surface area contributed by atoms with Crippen LogP contribution in [0.5, 0.6) is 0 Å². The molecular weight excluding hydrogens is 550 g/mol. The molecule has 2 aromatic heterocycles. The summed E-state index contributed by atoms with van der Waals surface area (Å²) in [5.74, 6) is -0.0853. The summed E-state index contributed by atoms with van der Waals surface area (Å²) in [7, 11) is -6.05. The van der Waals surface area contributed by atoms with E-state index < -0.39 is 18.1 Å². The van der Waals surface area contributed by atoms with Crippen LogP contribution < -0.4 is 10.2 Å². The summed E-state index contributed by atoms with van der Waals surface area (Å²) in [5.41, 5.74) is 3.00. The van der Waals surface area contributed by atoms with Crippen LogP contribution in [0.1, 0.15) is 84.1 Å². The molecule has 3 rings (SSSR count). The highest BCUT2D eigenvalue weighted by molar-refractivity contribution is 7.92. The molecule has 1 N–H and O–H groups in total. The van der Waals surface area contributed by atoms with Gasteiger partial charge in [-0.2, -0.15) is 0 Å². The third-order valence-corrected chi connectivity index (χ3v) is 16.0. The molecule has 0 aliphatic carbocycles. The van der Waals surface area contributed by atoms with Crippen molar-refractivity contribution in [2.45, 2.75) is 95.7 Å². The summed E-state index contributed by atoms with van der Waals surface area (Å²) in [5, 5.41) is 0.260. The number of hydrogen-bond donors (Lipinski definition) is 1. The molecule has 0 aliphatic rings. The summed E-state index contributed by atoms with van der Waals surface area (Å²) >= 11 is 6.35. The number of pyridine rings is 1. The zero-order chi connectivity index (χ0) is 29.3. The Morgan fingerprint density at radius 2 is 1.54 bits per heavy atom. The first kappa shape index (κ1) is 31.0. The zero-order valence-corrected chi connectivity index (χ0v) is 26.9. The van der Waals surface area contributed by atoms with Crippen LogP contribution >= 0.6 is 11.6 Å². The summed E-state index contributed by atoms with van der Waals surface area (Å²) < 4.78 is 34.6. The highest BCUT2D eigenvalue weighted by atomic mass is 35.5. The topological polar surface area (TPSA) is 102 Å². The van der Waals surface area contributed by atoms with Gasteiger partial charge >= 0.3 is 0 Å². The third-order valence-electron chi connectivity index (χ3n) is 7.53. The van der Waals surface area contributed by atoms with E-state index >= 15 is 0 Å². The minimum absolute atomic E-state index is 0.0752. The summed E-state index contributed by atoms with van der Waals surface area (Å²) in [6.45, 7) is 19.4. The molecule has 0 fully saturated rings. The van der Waals surface area contributed by atoms with Crippen molar-refractivity contribution in [1.29, 1.82) is 0 Å². The molecule has 7 nitrogen and oxygen atoms in total. The van der Waals surface area contributed by atoms with Gasteiger partial charge in [0, 0.05) is 0 Å². The number of rotatable bonds is 10. The maximum atomic E-state index is 13.2. The minimum Gasteiger partial charge on any atom is -0.443 e. The van der Waals surface area contributed by atoms with Gasteiger partial charge in [0.2, 0.25) is 5.78 Å². The molecule has 1 aromatic carbocycles. The number of ketones is 1. The fraction of sp³-hybridized carbons (Fsp3) is 0.483. The highest BCUT2D eigenvalue weighted by Gasteiger charge is 2.49. The van der Waals surface area contributed by atoms with Crippen LogP contribution in [0.15, 0.2) is 51.9 Å². The number of nitrogens with zero attached hydrogens (tertiary/aromatic N) is 2. The fourth-order valence-electron chi connectivity index (χ4n) is 5.58. The molecular formula is C29H40ClN3O4SSi. The number of nitrogens with one attached hydrogen (secondary N) is 1. The minimum atomic E-state index is -3.89. The lowest BCUT2D eigenvalue weighted by Crippen LogP contribution is -2.56. The van der Waals surface area contributed by atoms with Gasteiger partial charge in [0.1, 0.15) is 5.82 Å².